The van der Waals surface area contributed by atoms with Crippen LogP contribution in [0.2, 0.25) is 0 Å². The van der Waals surface area contributed by atoms with E-state index in [1.54, 1.807) is 18.6 Å². The van der Waals surface area contributed by atoms with Crippen molar-refractivity contribution >= 4 is 5.69 Å². The van der Waals surface area contributed by atoms with E-state index in [9.17, 15) is 0 Å². The molecule has 21 heavy (non-hydrogen) atoms. The second-order valence-corrected chi connectivity index (χ2v) is 5.02. The molecule has 0 spiro atoms. The zero-order valence-electron chi connectivity index (χ0n) is 12.9. The Morgan fingerprint density at radius 1 is 1.05 bits per heavy atom. The van der Waals surface area contributed by atoms with E-state index in [4.69, 9.17) is 0 Å². The summed E-state index contributed by atoms with van der Waals surface area (Å²) in [6.45, 7) is 8.49. The van der Waals surface area contributed by atoms with E-state index >= 15 is 0 Å². The highest BCUT2D eigenvalue weighted by atomic mass is 15.1. The van der Waals surface area contributed by atoms with E-state index in [2.05, 4.69) is 58.3 Å². The first-order valence-electron chi connectivity index (χ1n) is 7.62. The van der Waals surface area contributed by atoms with E-state index in [1.807, 2.05) is 0 Å². The second kappa shape index (κ2) is 8.37. The van der Waals surface area contributed by atoms with E-state index < -0.39 is 0 Å². The summed E-state index contributed by atoms with van der Waals surface area (Å²) in [5, 5.41) is 3.36. The molecule has 0 saturated carbocycles. The standard InChI is InChI=1S/C17H24N4/c1-3-21(4-2)12-9-15-5-7-16(8-6-15)20-14-17-13-18-10-11-19-17/h5-8,10-11,13,20H,3-4,9,12,14H2,1-2H3. The van der Waals surface area contributed by atoms with Gasteiger partial charge < -0.3 is 10.2 Å². The van der Waals surface area contributed by atoms with E-state index in [1.165, 1.54) is 5.56 Å². The molecular weight excluding hydrogens is 260 g/mol. The fraction of sp³-hybridized carbons (Fsp3) is 0.412. The van der Waals surface area contributed by atoms with E-state index in [0.717, 1.165) is 37.4 Å². The summed E-state index contributed by atoms with van der Waals surface area (Å²) in [6, 6.07) is 8.66. The number of aromatic nitrogens is 2. The number of hydrogen-bond donors (Lipinski definition) is 1. The minimum atomic E-state index is 0.701. The number of hydrogen-bond acceptors (Lipinski definition) is 4. The lowest BCUT2D eigenvalue weighted by Gasteiger charge is -2.17. The number of nitrogens with zero attached hydrogens (tertiary/aromatic N) is 3. The first-order chi connectivity index (χ1) is 10.3. The molecule has 0 aliphatic rings. The first kappa shape index (κ1) is 15.4. The third-order valence-electron chi connectivity index (χ3n) is 3.66. The molecule has 0 aliphatic carbocycles. The highest BCUT2D eigenvalue weighted by molar-refractivity contribution is 5.44. The van der Waals surface area contributed by atoms with Gasteiger partial charge in [-0.05, 0) is 37.2 Å². The molecule has 112 valence electrons. The molecule has 0 aliphatic heterocycles. The minimum Gasteiger partial charge on any atom is -0.379 e. The van der Waals surface area contributed by atoms with Crippen molar-refractivity contribution in [1.29, 1.82) is 0 Å². The molecule has 4 heteroatoms. The van der Waals surface area contributed by atoms with E-state index in [0.29, 0.717) is 6.54 Å². The van der Waals surface area contributed by atoms with Crippen LogP contribution < -0.4 is 5.32 Å². The van der Waals surface area contributed by atoms with Crippen LogP contribution in [0.5, 0.6) is 0 Å². The van der Waals surface area contributed by atoms with E-state index in [-0.39, 0.29) is 0 Å². The zero-order valence-corrected chi connectivity index (χ0v) is 12.9. The average Bonchev–Trinajstić information content (AvgIpc) is 2.56. The fourth-order valence-electron chi connectivity index (χ4n) is 2.23. The number of nitrogens with one attached hydrogen (secondary N) is 1. The van der Waals surface area contributed by atoms with Gasteiger partial charge in [0.05, 0.1) is 18.4 Å². The number of anilines is 1. The third-order valence-corrected chi connectivity index (χ3v) is 3.66. The Morgan fingerprint density at radius 2 is 1.81 bits per heavy atom. The molecule has 0 amide bonds. The molecule has 0 radical (unpaired) electrons. The van der Waals surface area contributed by atoms with Crippen molar-refractivity contribution in [2.45, 2.75) is 26.8 Å². The predicted octanol–water partition coefficient (Wildman–Crippen LogP) is 2.97. The van der Waals surface area contributed by atoms with Gasteiger partial charge in [-0.1, -0.05) is 26.0 Å². The molecule has 0 fully saturated rings. The quantitative estimate of drug-likeness (QED) is 0.809. The maximum absolute atomic E-state index is 4.25. The molecule has 0 bridgehead atoms. The highest BCUT2D eigenvalue weighted by Crippen LogP contribution is 2.11. The maximum atomic E-state index is 4.25. The summed E-state index contributed by atoms with van der Waals surface area (Å²) in [5.74, 6) is 0. The molecule has 0 unspecified atom stereocenters. The third kappa shape index (κ3) is 5.16. The van der Waals surface area contributed by atoms with Crippen molar-refractivity contribution < 1.29 is 0 Å². The molecule has 1 N–H and O–H groups in total. The summed E-state index contributed by atoms with van der Waals surface area (Å²) < 4.78 is 0. The summed E-state index contributed by atoms with van der Waals surface area (Å²) in [5.41, 5.74) is 3.45. The van der Waals surface area contributed by atoms with Crippen molar-refractivity contribution in [2.24, 2.45) is 0 Å². The van der Waals surface area contributed by atoms with Gasteiger partial charge in [0, 0.05) is 24.6 Å². The van der Waals surface area contributed by atoms with Crippen LogP contribution in [0.3, 0.4) is 0 Å². The molecule has 2 rings (SSSR count). The zero-order chi connectivity index (χ0) is 14.9. The van der Waals surface area contributed by atoms with Gasteiger partial charge in [-0.15, -0.1) is 0 Å². The number of benzene rings is 1. The Labute approximate surface area is 127 Å². The van der Waals surface area contributed by atoms with Crippen molar-refractivity contribution in [3.05, 3.63) is 54.1 Å². The minimum absolute atomic E-state index is 0.701. The summed E-state index contributed by atoms with van der Waals surface area (Å²) >= 11 is 0. The molecule has 1 aromatic carbocycles. The smallest absolute Gasteiger partial charge is 0.0777 e. The van der Waals surface area contributed by atoms with Crippen molar-refractivity contribution in [2.75, 3.05) is 25.0 Å². The van der Waals surface area contributed by atoms with Gasteiger partial charge in [-0.3, -0.25) is 9.97 Å². The molecule has 1 heterocycles. The van der Waals surface area contributed by atoms with Crippen LogP contribution in [0.15, 0.2) is 42.9 Å². The van der Waals surface area contributed by atoms with Gasteiger partial charge in [0.1, 0.15) is 0 Å². The SMILES string of the molecule is CCN(CC)CCc1ccc(NCc2cnccn2)cc1. The molecule has 2 aromatic rings. The number of rotatable bonds is 8. The average molecular weight is 284 g/mol. The Kier molecular flexibility index (Phi) is 6.16. The monoisotopic (exact) mass is 284 g/mol. The maximum Gasteiger partial charge on any atom is 0.0777 e. The summed E-state index contributed by atoms with van der Waals surface area (Å²) in [7, 11) is 0. The number of likely N-dealkylation sites (N-methyl/N-ethyl adjacent to an activating group) is 1. The summed E-state index contributed by atoms with van der Waals surface area (Å²) in [6.07, 6.45) is 6.29. The van der Waals surface area contributed by atoms with Crippen molar-refractivity contribution in [3.63, 3.8) is 0 Å². The molecule has 4 nitrogen and oxygen atoms in total. The van der Waals surface area contributed by atoms with Crippen LogP contribution in [-0.4, -0.2) is 34.5 Å². The van der Waals surface area contributed by atoms with Gasteiger partial charge in [-0.25, -0.2) is 0 Å². The summed E-state index contributed by atoms with van der Waals surface area (Å²) in [4.78, 5) is 10.8. The van der Waals surface area contributed by atoms with Crippen LogP contribution in [0.4, 0.5) is 5.69 Å². The molecule has 0 atom stereocenters. The highest BCUT2D eigenvalue weighted by Gasteiger charge is 2.00. The van der Waals surface area contributed by atoms with Crippen LogP contribution in [0, 0.1) is 0 Å². The Hall–Kier alpha value is -1.94. The Bertz CT molecular complexity index is 506. The van der Waals surface area contributed by atoms with Gasteiger partial charge in [0.15, 0.2) is 0 Å². The van der Waals surface area contributed by atoms with Gasteiger partial charge in [0.2, 0.25) is 0 Å². The lowest BCUT2D eigenvalue weighted by atomic mass is 10.1. The van der Waals surface area contributed by atoms with Crippen molar-refractivity contribution in [3.8, 4) is 0 Å². The van der Waals surface area contributed by atoms with Gasteiger partial charge in [0.25, 0.3) is 0 Å². The molecule has 1 aromatic heterocycles. The fourth-order valence-corrected chi connectivity index (χ4v) is 2.23. The molecule has 0 saturated heterocycles. The lowest BCUT2D eigenvalue weighted by Crippen LogP contribution is -2.25. The van der Waals surface area contributed by atoms with Crippen LogP contribution >= 0.6 is 0 Å². The molecular formula is C17H24N4. The van der Waals surface area contributed by atoms with Crippen LogP contribution in [0.25, 0.3) is 0 Å². The van der Waals surface area contributed by atoms with Gasteiger partial charge >= 0.3 is 0 Å². The van der Waals surface area contributed by atoms with Crippen LogP contribution in [-0.2, 0) is 13.0 Å². The van der Waals surface area contributed by atoms with Crippen LogP contribution in [0.1, 0.15) is 25.1 Å². The largest absolute Gasteiger partial charge is 0.379 e. The van der Waals surface area contributed by atoms with Gasteiger partial charge in [-0.2, -0.15) is 0 Å². The first-order valence-corrected chi connectivity index (χ1v) is 7.62. The lowest BCUT2D eigenvalue weighted by molar-refractivity contribution is 0.308. The topological polar surface area (TPSA) is 41.0 Å². The predicted molar refractivity (Wildman–Crippen MR) is 87.3 cm³/mol. The Morgan fingerprint density at radius 3 is 2.43 bits per heavy atom. The van der Waals surface area contributed by atoms with Crippen molar-refractivity contribution in [1.82, 2.24) is 14.9 Å². The normalized spacial score (nSPS) is 10.8. The Balaban J connectivity index is 1.81. The second-order valence-electron chi connectivity index (χ2n) is 5.02.